The first-order valence-corrected chi connectivity index (χ1v) is 12.8. The van der Waals surface area contributed by atoms with Gasteiger partial charge in [-0.1, -0.05) is 12.1 Å². The van der Waals surface area contributed by atoms with Crippen molar-refractivity contribution in [2.24, 2.45) is 16.6 Å². The molecule has 9 heteroatoms. The van der Waals surface area contributed by atoms with Crippen molar-refractivity contribution < 1.29 is 13.5 Å². The molecule has 2 fully saturated rings. The number of para-hydroxylation sites is 1. The highest BCUT2D eigenvalue weighted by atomic mass is 19.1. The summed E-state index contributed by atoms with van der Waals surface area (Å²) in [5, 5.41) is 3.40. The number of ether oxygens (including phenoxy) is 1. The van der Waals surface area contributed by atoms with Crippen LogP contribution in [0.1, 0.15) is 24.1 Å². The summed E-state index contributed by atoms with van der Waals surface area (Å²) in [6.07, 6.45) is 7.15. The van der Waals surface area contributed by atoms with Crippen LogP contribution in [0, 0.1) is 17.6 Å². The maximum Gasteiger partial charge on any atom is 0.131 e. The number of aliphatic imine (C=N–C) groups is 1. The monoisotopic (exact) mass is 506 g/mol. The molecule has 0 bridgehead atoms. The lowest BCUT2D eigenvalue weighted by Crippen LogP contribution is -2.36. The third-order valence-corrected chi connectivity index (χ3v) is 6.98. The van der Waals surface area contributed by atoms with Crippen LogP contribution in [0.15, 0.2) is 47.7 Å². The average molecular weight is 507 g/mol. The Morgan fingerprint density at radius 3 is 2.76 bits per heavy atom. The van der Waals surface area contributed by atoms with Crippen LogP contribution in [-0.4, -0.2) is 67.0 Å². The molecule has 0 radical (unpaired) electrons. The van der Waals surface area contributed by atoms with E-state index < -0.39 is 11.6 Å². The quantitative estimate of drug-likeness (QED) is 0.474. The van der Waals surface area contributed by atoms with Crippen LogP contribution in [0.5, 0.6) is 0 Å². The second kappa shape index (κ2) is 11.9. The number of aromatic nitrogens is 2. The first kappa shape index (κ1) is 25.4. The zero-order chi connectivity index (χ0) is 25.6. The highest BCUT2D eigenvalue weighted by molar-refractivity contribution is 6.09. The second-order valence-corrected chi connectivity index (χ2v) is 9.56. The molecule has 0 saturated carbocycles. The number of hydrogen-bond acceptors (Lipinski definition) is 7. The van der Waals surface area contributed by atoms with Crippen LogP contribution in [0.25, 0.3) is 27.7 Å². The number of hydrogen-bond donors (Lipinski definition) is 2. The number of nitrogens with two attached hydrogens (primary N) is 1. The molecule has 1 atom stereocenters. The van der Waals surface area contributed by atoms with Crippen LogP contribution in [0.3, 0.4) is 0 Å². The van der Waals surface area contributed by atoms with Crippen molar-refractivity contribution in [3.63, 3.8) is 0 Å². The molecule has 0 amide bonds. The Kier molecular flexibility index (Phi) is 8.13. The lowest BCUT2D eigenvalue weighted by Gasteiger charge is -2.27. The molecule has 0 aliphatic carbocycles. The molecule has 37 heavy (non-hydrogen) atoms. The van der Waals surface area contributed by atoms with Crippen molar-refractivity contribution in [1.82, 2.24) is 20.2 Å². The third kappa shape index (κ3) is 6.01. The maximum absolute atomic E-state index is 15.1. The second-order valence-electron chi connectivity index (χ2n) is 9.56. The molecular weight excluding hydrogens is 474 g/mol. The Morgan fingerprint density at radius 2 is 2.03 bits per heavy atom. The summed E-state index contributed by atoms with van der Waals surface area (Å²) in [7, 11) is 0. The number of halogens is 2. The number of piperidine rings is 1. The Labute approximate surface area is 215 Å². The van der Waals surface area contributed by atoms with Crippen molar-refractivity contribution >= 4 is 22.8 Å². The Morgan fingerprint density at radius 1 is 1.22 bits per heavy atom. The van der Waals surface area contributed by atoms with Gasteiger partial charge in [-0.05, 0) is 55.6 Å². The molecule has 3 heterocycles. The zero-order valence-corrected chi connectivity index (χ0v) is 20.8. The van der Waals surface area contributed by atoms with Gasteiger partial charge in [-0.3, -0.25) is 14.9 Å². The van der Waals surface area contributed by atoms with Gasteiger partial charge >= 0.3 is 0 Å². The Balaban J connectivity index is 1.42. The van der Waals surface area contributed by atoms with Gasteiger partial charge in [-0.25, -0.2) is 13.8 Å². The third-order valence-electron chi connectivity index (χ3n) is 6.98. The van der Waals surface area contributed by atoms with E-state index in [1.165, 1.54) is 18.3 Å². The standard InChI is InChI=1S/C28H32F2N6O/c29-24-11-20(12-25(30)23(24)18-36-7-9-37-10-8-36)22-4-1-5-26-28(22)35-27(17-34-26)21(13-31)16-33-15-19-3-2-6-32-14-19/h1,4-5,11-13,16-17,19,32H,2-3,6-10,14-15,18,31H2/b21-13+,33-16?. The number of nitrogens with one attached hydrogen (secondary N) is 1. The molecule has 3 N–H and O–H groups in total. The van der Waals surface area contributed by atoms with Gasteiger partial charge in [0.15, 0.2) is 0 Å². The van der Waals surface area contributed by atoms with E-state index in [1.54, 1.807) is 18.5 Å². The molecule has 3 aromatic rings. The predicted octanol–water partition coefficient (Wildman–Crippen LogP) is 3.78. The van der Waals surface area contributed by atoms with Crippen molar-refractivity contribution in [3.05, 3.63) is 65.6 Å². The minimum absolute atomic E-state index is 0.0652. The van der Waals surface area contributed by atoms with E-state index in [0.29, 0.717) is 72.2 Å². The lowest BCUT2D eigenvalue weighted by atomic mass is 10.00. The minimum atomic E-state index is -0.575. The number of morpholine rings is 1. The number of benzene rings is 2. The number of fused-ring (bicyclic) bond motifs is 1. The van der Waals surface area contributed by atoms with Gasteiger partial charge in [0, 0.05) is 55.3 Å². The molecular formula is C28H32F2N6O. The van der Waals surface area contributed by atoms with Gasteiger partial charge in [-0.2, -0.15) is 0 Å². The van der Waals surface area contributed by atoms with Gasteiger partial charge in [0.1, 0.15) is 11.6 Å². The van der Waals surface area contributed by atoms with E-state index >= 15 is 8.78 Å². The molecule has 2 aromatic carbocycles. The van der Waals surface area contributed by atoms with Crippen molar-refractivity contribution in [2.75, 3.05) is 45.9 Å². The summed E-state index contributed by atoms with van der Waals surface area (Å²) in [4.78, 5) is 15.9. The SMILES string of the molecule is N/C=C(\C=NCC1CCCNC1)c1cnc2cccc(-c3cc(F)c(CN4CCOCC4)c(F)c3)c2n1. The highest BCUT2D eigenvalue weighted by Crippen LogP contribution is 2.30. The summed E-state index contributed by atoms with van der Waals surface area (Å²) in [6.45, 7) is 5.40. The normalized spacial score (nSPS) is 19.6. The van der Waals surface area contributed by atoms with Gasteiger partial charge < -0.3 is 15.8 Å². The molecule has 1 aromatic heterocycles. The molecule has 7 nitrogen and oxygen atoms in total. The first-order valence-electron chi connectivity index (χ1n) is 12.8. The molecule has 194 valence electrons. The van der Waals surface area contributed by atoms with Gasteiger partial charge in [0.25, 0.3) is 0 Å². The summed E-state index contributed by atoms with van der Waals surface area (Å²) in [6, 6.07) is 8.18. The number of nitrogens with zero attached hydrogens (tertiary/aromatic N) is 4. The smallest absolute Gasteiger partial charge is 0.131 e. The maximum atomic E-state index is 15.1. The zero-order valence-electron chi connectivity index (χ0n) is 20.8. The fourth-order valence-electron chi connectivity index (χ4n) is 4.87. The molecule has 1 unspecified atom stereocenters. The summed E-state index contributed by atoms with van der Waals surface area (Å²) < 4.78 is 35.6. The van der Waals surface area contributed by atoms with Crippen LogP contribution >= 0.6 is 0 Å². The highest BCUT2D eigenvalue weighted by Gasteiger charge is 2.19. The molecule has 2 aliphatic heterocycles. The van der Waals surface area contributed by atoms with Gasteiger partial charge in [0.05, 0.1) is 36.1 Å². The average Bonchev–Trinajstić information content (AvgIpc) is 2.93. The summed E-state index contributed by atoms with van der Waals surface area (Å²) in [5.41, 5.74) is 9.35. The minimum Gasteiger partial charge on any atom is -0.404 e. The van der Waals surface area contributed by atoms with E-state index in [2.05, 4.69) is 15.3 Å². The fourth-order valence-corrected chi connectivity index (χ4v) is 4.87. The largest absolute Gasteiger partial charge is 0.404 e. The first-order chi connectivity index (χ1) is 18.1. The van der Waals surface area contributed by atoms with Crippen molar-refractivity contribution in [2.45, 2.75) is 19.4 Å². The predicted molar refractivity (Wildman–Crippen MR) is 142 cm³/mol. The van der Waals surface area contributed by atoms with Crippen LogP contribution in [0.2, 0.25) is 0 Å². The molecule has 2 aliphatic rings. The van der Waals surface area contributed by atoms with Crippen LogP contribution in [0.4, 0.5) is 8.78 Å². The number of rotatable bonds is 7. The lowest BCUT2D eigenvalue weighted by molar-refractivity contribution is 0.0332. The molecule has 0 spiro atoms. The van der Waals surface area contributed by atoms with Gasteiger partial charge in [-0.15, -0.1) is 0 Å². The van der Waals surface area contributed by atoms with E-state index in [1.807, 2.05) is 17.0 Å². The molecule has 5 rings (SSSR count). The van der Waals surface area contributed by atoms with E-state index in [-0.39, 0.29) is 12.1 Å². The van der Waals surface area contributed by atoms with E-state index in [4.69, 9.17) is 15.5 Å². The van der Waals surface area contributed by atoms with Crippen LogP contribution < -0.4 is 11.1 Å². The Hall–Kier alpha value is -3.27. The van der Waals surface area contributed by atoms with Crippen molar-refractivity contribution in [3.8, 4) is 11.1 Å². The van der Waals surface area contributed by atoms with E-state index in [9.17, 15) is 0 Å². The van der Waals surface area contributed by atoms with Crippen molar-refractivity contribution in [1.29, 1.82) is 0 Å². The topological polar surface area (TPSA) is 88.7 Å². The Bertz CT molecular complexity index is 1280. The molecule has 2 saturated heterocycles. The van der Waals surface area contributed by atoms with Gasteiger partial charge in [0.2, 0.25) is 0 Å². The van der Waals surface area contributed by atoms with Crippen LogP contribution in [-0.2, 0) is 11.3 Å². The number of allylic oxidation sites excluding steroid dienone is 1. The summed E-state index contributed by atoms with van der Waals surface area (Å²) in [5.74, 6) is -0.640. The fraction of sp³-hybridized carbons (Fsp3) is 0.393. The summed E-state index contributed by atoms with van der Waals surface area (Å²) >= 11 is 0. The van der Waals surface area contributed by atoms with E-state index in [0.717, 1.165) is 25.9 Å².